The molecular formula is C19H23ClN4O3. The summed E-state index contributed by atoms with van der Waals surface area (Å²) in [6.45, 7) is 6.24. The molecule has 1 fully saturated rings. The number of amides is 1. The number of hydrogen-bond donors (Lipinski definition) is 0. The van der Waals surface area contributed by atoms with Crippen LogP contribution in [-0.4, -0.2) is 60.2 Å². The van der Waals surface area contributed by atoms with Crippen LogP contribution in [-0.2, 0) is 4.79 Å². The van der Waals surface area contributed by atoms with Gasteiger partial charge in [0.25, 0.3) is 5.91 Å². The Bertz CT molecular complexity index is 809. The predicted octanol–water partition coefficient (Wildman–Crippen LogP) is 2.56. The number of carbonyl (C=O) groups excluding carboxylic acids is 1. The Kier molecular flexibility index (Phi) is 6.01. The van der Waals surface area contributed by atoms with Crippen molar-refractivity contribution in [3.8, 4) is 11.6 Å². The molecule has 3 rings (SSSR count). The fourth-order valence-electron chi connectivity index (χ4n) is 2.95. The molecule has 2 heterocycles. The molecule has 1 unspecified atom stereocenters. The van der Waals surface area contributed by atoms with Crippen molar-refractivity contribution in [3.63, 3.8) is 0 Å². The van der Waals surface area contributed by atoms with Crippen molar-refractivity contribution in [1.29, 1.82) is 0 Å². The maximum atomic E-state index is 12.7. The van der Waals surface area contributed by atoms with Gasteiger partial charge in [-0.05, 0) is 37.6 Å². The van der Waals surface area contributed by atoms with Crippen LogP contribution >= 0.6 is 11.6 Å². The van der Waals surface area contributed by atoms with E-state index in [0.717, 1.165) is 11.4 Å². The van der Waals surface area contributed by atoms with Crippen molar-refractivity contribution in [2.75, 3.05) is 38.2 Å². The van der Waals surface area contributed by atoms with Gasteiger partial charge in [0, 0.05) is 31.2 Å². The van der Waals surface area contributed by atoms with Crippen LogP contribution in [0.3, 0.4) is 0 Å². The van der Waals surface area contributed by atoms with Crippen molar-refractivity contribution in [1.82, 2.24) is 14.9 Å². The molecule has 27 heavy (non-hydrogen) atoms. The minimum absolute atomic E-state index is 0.0287. The fourth-order valence-corrected chi connectivity index (χ4v) is 3.06. The van der Waals surface area contributed by atoms with Gasteiger partial charge in [0.05, 0.1) is 19.5 Å². The highest BCUT2D eigenvalue weighted by Crippen LogP contribution is 2.22. The van der Waals surface area contributed by atoms with Crippen LogP contribution in [0.15, 0.2) is 30.6 Å². The third kappa shape index (κ3) is 4.60. The number of hydrogen-bond acceptors (Lipinski definition) is 6. The maximum absolute atomic E-state index is 12.7. The molecule has 1 aliphatic heterocycles. The van der Waals surface area contributed by atoms with E-state index < -0.39 is 6.10 Å². The van der Waals surface area contributed by atoms with Gasteiger partial charge in [-0.25, -0.2) is 0 Å². The smallest absolute Gasteiger partial charge is 0.263 e. The monoisotopic (exact) mass is 390 g/mol. The number of methoxy groups -OCH3 is 1. The summed E-state index contributed by atoms with van der Waals surface area (Å²) < 4.78 is 10.9. The first-order valence-electron chi connectivity index (χ1n) is 8.80. The quantitative estimate of drug-likeness (QED) is 0.781. The van der Waals surface area contributed by atoms with Crippen LogP contribution in [0.5, 0.6) is 11.6 Å². The first-order valence-corrected chi connectivity index (χ1v) is 9.18. The largest absolute Gasteiger partial charge is 0.481 e. The first kappa shape index (κ1) is 19.2. The van der Waals surface area contributed by atoms with E-state index in [0.29, 0.717) is 42.8 Å². The summed E-state index contributed by atoms with van der Waals surface area (Å²) in [5, 5.41) is 0.679. The summed E-state index contributed by atoms with van der Waals surface area (Å²) in [5.74, 6) is 1.84. The average molecular weight is 391 g/mol. The van der Waals surface area contributed by atoms with Gasteiger partial charge in [-0.1, -0.05) is 11.6 Å². The van der Waals surface area contributed by atoms with E-state index in [1.807, 2.05) is 17.9 Å². The molecule has 0 bridgehead atoms. The standard InChI is InChI=1S/C19H23ClN4O3/c1-13-10-15(4-5-16(13)20)27-14(2)19(25)24-8-6-23(7-9-24)17-11-21-12-18(22-17)26-3/h4-5,10-12,14H,6-9H2,1-3H3. The lowest BCUT2D eigenvalue weighted by molar-refractivity contribution is -0.138. The van der Waals surface area contributed by atoms with Crippen molar-refractivity contribution in [3.05, 3.63) is 41.2 Å². The second kappa shape index (κ2) is 8.43. The maximum Gasteiger partial charge on any atom is 0.263 e. The van der Waals surface area contributed by atoms with Gasteiger partial charge in [0.15, 0.2) is 11.9 Å². The van der Waals surface area contributed by atoms with Crippen LogP contribution in [0.4, 0.5) is 5.82 Å². The van der Waals surface area contributed by atoms with Crippen LogP contribution in [0.25, 0.3) is 0 Å². The molecule has 0 spiro atoms. The number of carbonyl (C=O) groups is 1. The number of ether oxygens (including phenoxy) is 2. The van der Waals surface area contributed by atoms with Gasteiger partial charge in [-0.2, -0.15) is 4.98 Å². The van der Waals surface area contributed by atoms with Gasteiger partial charge < -0.3 is 19.3 Å². The molecule has 0 N–H and O–H groups in total. The molecule has 8 heteroatoms. The van der Waals surface area contributed by atoms with Gasteiger partial charge >= 0.3 is 0 Å². The minimum Gasteiger partial charge on any atom is -0.481 e. The predicted molar refractivity (Wildman–Crippen MR) is 104 cm³/mol. The highest BCUT2D eigenvalue weighted by atomic mass is 35.5. The minimum atomic E-state index is -0.561. The van der Waals surface area contributed by atoms with Gasteiger partial charge in [0.2, 0.25) is 5.88 Å². The molecule has 2 aromatic rings. The molecule has 0 radical (unpaired) electrons. The lowest BCUT2D eigenvalue weighted by atomic mass is 10.2. The topological polar surface area (TPSA) is 67.8 Å². The molecule has 144 valence electrons. The number of anilines is 1. The molecule has 1 aromatic carbocycles. The molecule has 7 nitrogen and oxygen atoms in total. The second-order valence-corrected chi connectivity index (χ2v) is 6.81. The third-order valence-electron chi connectivity index (χ3n) is 4.51. The van der Waals surface area contributed by atoms with Crippen LogP contribution in [0, 0.1) is 6.92 Å². The molecule has 1 atom stereocenters. The summed E-state index contributed by atoms with van der Waals surface area (Å²) in [4.78, 5) is 25.1. The molecule has 1 amide bonds. The normalized spacial score (nSPS) is 15.4. The van der Waals surface area contributed by atoms with E-state index in [9.17, 15) is 4.79 Å². The Morgan fingerprint density at radius 2 is 1.96 bits per heavy atom. The molecule has 0 saturated carbocycles. The molecular weight excluding hydrogens is 368 g/mol. The summed E-state index contributed by atoms with van der Waals surface area (Å²) in [5.41, 5.74) is 0.918. The lowest BCUT2D eigenvalue weighted by Gasteiger charge is -2.36. The van der Waals surface area contributed by atoms with Crippen molar-refractivity contribution < 1.29 is 14.3 Å². The van der Waals surface area contributed by atoms with E-state index in [4.69, 9.17) is 21.1 Å². The number of aryl methyl sites for hydroxylation is 1. The Morgan fingerprint density at radius 1 is 1.22 bits per heavy atom. The zero-order chi connectivity index (χ0) is 19.4. The van der Waals surface area contributed by atoms with Crippen molar-refractivity contribution >= 4 is 23.3 Å². The van der Waals surface area contributed by atoms with Crippen molar-refractivity contribution in [2.24, 2.45) is 0 Å². The number of rotatable bonds is 5. The summed E-state index contributed by atoms with van der Waals surface area (Å²) in [6.07, 6.45) is 2.71. The van der Waals surface area contributed by atoms with Crippen LogP contribution < -0.4 is 14.4 Å². The molecule has 1 aliphatic rings. The van der Waals surface area contributed by atoms with E-state index in [-0.39, 0.29) is 5.91 Å². The average Bonchev–Trinajstić information content (AvgIpc) is 2.70. The van der Waals surface area contributed by atoms with E-state index in [1.165, 1.54) is 0 Å². The summed E-state index contributed by atoms with van der Waals surface area (Å²) in [6, 6.07) is 5.39. The Labute approximate surface area is 163 Å². The van der Waals surface area contributed by atoms with Gasteiger partial charge in [-0.15, -0.1) is 0 Å². The Balaban J connectivity index is 1.56. The first-order chi connectivity index (χ1) is 13.0. The van der Waals surface area contributed by atoms with E-state index in [1.54, 1.807) is 38.6 Å². The summed E-state index contributed by atoms with van der Waals surface area (Å²) in [7, 11) is 1.56. The molecule has 1 aromatic heterocycles. The lowest BCUT2D eigenvalue weighted by Crippen LogP contribution is -2.52. The van der Waals surface area contributed by atoms with Gasteiger partial charge in [-0.3, -0.25) is 9.78 Å². The van der Waals surface area contributed by atoms with Crippen LogP contribution in [0.2, 0.25) is 5.02 Å². The number of nitrogens with zero attached hydrogens (tertiary/aromatic N) is 4. The molecule has 0 aliphatic carbocycles. The Hall–Kier alpha value is -2.54. The van der Waals surface area contributed by atoms with Crippen LogP contribution in [0.1, 0.15) is 12.5 Å². The highest BCUT2D eigenvalue weighted by molar-refractivity contribution is 6.31. The number of aromatic nitrogens is 2. The second-order valence-electron chi connectivity index (χ2n) is 6.40. The SMILES string of the molecule is COc1cncc(N2CCN(C(=O)C(C)Oc3ccc(Cl)c(C)c3)CC2)n1. The van der Waals surface area contributed by atoms with E-state index in [2.05, 4.69) is 14.9 Å². The summed E-state index contributed by atoms with van der Waals surface area (Å²) >= 11 is 6.03. The zero-order valence-corrected chi connectivity index (χ0v) is 16.4. The molecule has 1 saturated heterocycles. The van der Waals surface area contributed by atoms with E-state index >= 15 is 0 Å². The van der Waals surface area contributed by atoms with Crippen molar-refractivity contribution in [2.45, 2.75) is 20.0 Å². The van der Waals surface area contributed by atoms with Gasteiger partial charge in [0.1, 0.15) is 5.75 Å². The Morgan fingerprint density at radius 3 is 2.63 bits per heavy atom. The number of piperazine rings is 1. The zero-order valence-electron chi connectivity index (χ0n) is 15.7. The third-order valence-corrected chi connectivity index (χ3v) is 4.94. The fraction of sp³-hybridized carbons (Fsp3) is 0.421. The number of halogens is 1. The highest BCUT2D eigenvalue weighted by Gasteiger charge is 2.26. The number of benzene rings is 1.